The van der Waals surface area contributed by atoms with Crippen LogP contribution in [0.3, 0.4) is 0 Å². The standard InChI is InChI=1S/C20H17Cl2N3O4/c1-20(2,3)17-11-18(24(23-17)14-6-4-5-13(21)10-14)29-19(26)12-7-8-15(22)16(9-12)25(27)28/h4-11H,1-3H3. The third-order valence-electron chi connectivity index (χ3n) is 4.07. The van der Waals surface area contributed by atoms with Gasteiger partial charge in [-0.2, -0.15) is 5.10 Å². The predicted molar refractivity (Wildman–Crippen MR) is 110 cm³/mol. The smallest absolute Gasteiger partial charge is 0.345 e. The number of rotatable bonds is 4. The number of nitro benzene ring substituents is 1. The number of hydrogen-bond donors (Lipinski definition) is 0. The average Bonchev–Trinajstić information content (AvgIpc) is 3.06. The van der Waals surface area contributed by atoms with Gasteiger partial charge in [-0.15, -0.1) is 0 Å². The lowest BCUT2D eigenvalue weighted by Gasteiger charge is -2.13. The van der Waals surface area contributed by atoms with Crippen LogP contribution in [0.5, 0.6) is 5.88 Å². The largest absolute Gasteiger partial charge is 0.404 e. The van der Waals surface area contributed by atoms with Crippen molar-refractivity contribution in [3.8, 4) is 11.6 Å². The van der Waals surface area contributed by atoms with E-state index in [0.29, 0.717) is 16.4 Å². The van der Waals surface area contributed by atoms with Crippen molar-refractivity contribution in [2.24, 2.45) is 0 Å². The molecule has 0 saturated carbocycles. The second-order valence-corrected chi connectivity index (χ2v) is 8.17. The Labute approximate surface area is 177 Å². The lowest BCUT2D eigenvalue weighted by Crippen LogP contribution is -2.13. The van der Waals surface area contributed by atoms with E-state index in [2.05, 4.69) is 5.10 Å². The summed E-state index contributed by atoms with van der Waals surface area (Å²) in [6.07, 6.45) is 0. The molecule has 9 heteroatoms. The monoisotopic (exact) mass is 433 g/mol. The first-order chi connectivity index (χ1) is 13.6. The highest BCUT2D eigenvalue weighted by atomic mass is 35.5. The molecule has 0 fully saturated rings. The summed E-state index contributed by atoms with van der Waals surface area (Å²) in [6, 6.07) is 12.3. The van der Waals surface area contributed by atoms with E-state index in [1.807, 2.05) is 20.8 Å². The van der Waals surface area contributed by atoms with Crippen molar-refractivity contribution < 1.29 is 14.5 Å². The molecule has 0 unspecified atom stereocenters. The van der Waals surface area contributed by atoms with E-state index in [-0.39, 0.29) is 27.6 Å². The van der Waals surface area contributed by atoms with E-state index < -0.39 is 10.9 Å². The summed E-state index contributed by atoms with van der Waals surface area (Å²) in [5.41, 5.74) is 0.627. The fourth-order valence-corrected chi connectivity index (χ4v) is 2.90. The van der Waals surface area contributed by atoms with Gasteiger partial charge in [-0.05, 0) is 30.3 Å². The number of hydrogen-bond acceptors (Lipinski definition) is 5. The Bertz CT molecular complexity index is 1100. The average molecular weight is 434 g/mol. The van der Waals surface area contributed by atoms with Crippen LogP contribution in [0.15, 0.2) is 48.5 Å². The maximum Gasteiger partial charge on any atom is 0.345 e. The van der Waals surface area contributed by atoms with Crippen molar-refractivity contribution in [1.82, 2.24) is 9.78 Å². The first-order valence-corrected chi connectivity index (χ1v) is 9.34. The van der Waals surface area contributed by atoms with Gasteiger partial charge in [0.25, 0.3) is 5.69 Å². The molecule has 0 bridgehead atoms. The molecule has 0 radical (unpaired) electrons. The minimum Gasteiger partial charge on any atom is -0.404 e. The SMILES string of the molecule is CC(C)(C)c1cc(OC(=O)c2ccc(Cl)c([N+](=O)[O-])c2)n(-c2cccc(Cl)c2)n1. The van der Waals surface area contributed by atoms with Crippen molar-refractivity contribution in [2.75, 3.05) is 0 Å². The van der Waals surface area contributed by atoms with E-state index in [0.717, 1.165) is 6.07 Å². The van der Waals surface area contributed by atoms with E-state index in [9.17, 15) is 14.9 Å². The molecular weight excluding hydrogens is 417 g/mol. The molecule has 3 rings (SSSR count). The van der Waals surface area contributed by atoms with E-state index in [4.69, 9.17) is 27.9 Å². The Hall–Kier alpha value is -2.90. The summed E-state index contributed by atoms with van der Waals surface area (Å²) in [7, 11) is 0. The van der Waals surface area contributed by atoms with Crippen LogP contribution in [-0.2, 0) is 5.41 Å². The zero-order valence-corrected chi connectivity index (χ0v) is 17.4. The first-order valence-electron chi connectivity index (χ1n) is 8.59. The topological polar surface area (TPSA) is 87.3 Å². The maximum atomic E-state index is 12.7. The lowest BCUT2D eigenvalue weighted by molar-refractivity contribution is -0.384. The number of carbonyl (C=O) groups is 1. The van der Waals surface area contributed by atoms with Crippen molar-refractivity contribution in [3.63, 3.8) is 0 Å². The molecule has 29 heavy (non-hydrogen) atoms. The molecule has 0 aliphatic rings. The highest BCUT2D eigenvalue weighted by Crippen LogP contribution is 2.30. The quantitative estimate of drug-likeness (QED) is 0.303. The number of esters is 1. The number of carbonyl (C=O) groups excluding carboxylic acids is 1. The molecule has 1 aromatic heterocycles. The van der Waals surface area contributed by atoms with Gasteiger partial charge in [0, 0.05) is 22.6 Å². The summed E-state index contributed by atoms with van der Waals surface area (Å²) in [6.45, 7) is 5.93. The molecule has 3 aromatic rings. The summed E-state index contributed by atoms with van der Waals surface area (Å²) >= 11 is 11.9. The molecule has 0 N–H and O–H groups in total. The second kappa shape index (κ2) is 7.85. The van der Waals surface area contributed by atoms with Crippen LogP contribution < -0.4 is 4.74 Å². The number of benzene rings is 2. The van der Waals surface area contributed by atoms with Crippen molar-refractivity contribution >= 4 is 34.9 Å². The van der Waals surface area contributed by atoms with Gasteiger partial charge in [0.2, 0.25) is 5.88 Å². The molecule has 0 aliphatic carbocycles. The zero-order chi connectivity index (χ0) is 21.3. The molecule has 7 nitrogen and oxygen atoms in total. The third kappa shape index (κ3) is 4.58. The Kier molecular flexibility index (Phi) is 5.64. The normalized spacial score (nSPS) is 11.3. The highest BCUT2D eigenvalue weighted by molar-refractivity contribution is 6.32. The minimum absolute atomic E-state index is 0.00254. The third-order valence-corrected chi connectivity index (χ3v) is 4.63. The van der Waals surface area contributed by atoms with Gasteiger partial charge in [-0.3, -0.25) is 10.1 Å². The van der Waals surface area contributed by atoms with Gasteiger partial charge in [0.15, 0.2) is 0 Å². The fourth-order valence-electron chi connectivity index (χ4n) is 2.53. The van der Waals surface area contributed by atoms with Crippen LogP contribution in [0, 0.1) is 10.1 Å². The van der Waals surface area contributed by atoms with Crippen molar-refractivity contribution in [3.05, 3.63) is 79.9 Å². The van der Waals surface area contributed by atoms with Crippen LogP contribution >= 0.6 is 23.2 Å². The molecule has 0 aliphatic heterocycles. The van der Waals surface area contributed by atoms with Gasteiger partial charge in [0.1, 0.15) is 5.02 Å². The van der Waals surface area contributed by atoms with Gasteiger partial charge in [-0.25, -0.2) is 9.48 Å². The molecule has 150 valence electrons. The van der Waals surface area contributed by atoms with Gasteiger partial charge in [0.05, 0.1) is 21.9 Å². The Morgan fingerprint density at radius 3 is 2.48 bits per heavy atom. The summed E-state index contributed by atoms with van der Waals surface area (Å²) in [4.78, 5) is 23.1. The summed E-state index contributed by atoms with van der Waals surface area (Å²) in [5.74, 6) is -0.604. The van der Waals surface area contributed by atoms with Crippen LogP contribution in [-0.4, -0.2) is 20.7 Å². The van der Waals surface area contributed by atoms with Crippen molar-refractivity contribution in [1.29, 1.82) is 0 Å². The van der Waals surface area contributed by atoms with Gasteiger partial charge < -0.3 is 4.74 Å². The Morgan fingerprint density at radius 1 is 1.14 bits per heavy atom. The number of halogens is 2. The first kappa shape index (κ1) is 20.8. The molecular formula is C20H17Cl2N3O4. The number of ether oxygens (including phenoxy) is 1. The van der Waals surface area contributed by atoms with Crippen molar-refractivity contribution in [2.45, 2.75) is 26.2 Å². The Morgan fingerprint density at radius 2 is 1.86 bits per heavy atom. The molecule has 0 amide bonds. The van der Waals surface area contributed by atoms with E-state index >= 15 is 0 Å². The zero-order valence-electron chi connectivity index (χ0n) is 15.8. The molecule has 0 spiro atoms. The van der Waals surface area contributed by atoms with Crippen LogP contribution in [0.2, 0.25) is 10.0 Å². The summed E-state index contributed by atoms with van der Waals surface area (Å²) < 4.78 is 7.00. The number of nitro groups is 1. The van der Waals surface area contributed by atoms with Gasteiger partial charge in [-0.1, -0.05) is 50.0 Å². The van der Waals surface area contributed by atoms with Crippen LogP contribution in [0.4, 0.5) is 5.69 Å². The minimum atomic E-state index is -0.770. The Balaban J connectivity index is 2.02. The summed E-state index contributed by atoms with van der Waals surface area (Å²) in [5, 5.41) is 16.1. The van der Waals surface area contributed by atoms with Crippen LogP contribution in [0.25, 0.3) is 5.69 Å². The molecule has 0 saturated heterocycles. The van der Waals surface area contributed by atoms with Crippen LogP contribution in [0.1, 0.15) is 36.8 Å². The second-order valence-electron chi connectivity index (χ2n) is 7.32. The molecule has 1 heterocycles. The van der Waals surface area contributed by atoms with E-state index in [1.54, 1.807) is 30.3 Å². The highest BCUT2D eigenvalue weighted by Gasteiger charge is 2.24. The maximum absolute atomic E-state index is 12.7. The molecule has 2 aromatic carbocycles. The number of nitrogens with zero attached hydrogens (tertiary/aromatic N) is 3. The fraction of sp³-hybridized carbons (Fsp3) is 0.200. The molecule has 0 atom stereocenters. The predicted octanol–water partition coefficient (Wildman–Crippen LogP) is 5.60. The van der Waals surface area contributed by atoms with E-state index in [1.165, 1.54) is 16.8 Å². The number of aromatic nitrogens is 2. The van der Waals surface area contributed by atoms with Gasteiger partial charge >= 0.3 is 5.97 Å². The lowest BCUT2D eigenvalue weighted by atomic mass is 9.93.